The van der Waals surface area contributed by atoms with Crippen molar-refractivity contribution >= 4 is 43.0 Å². The average Bonchev–Trinajstić information content (AvgIpc) is 2.78. The molecule has 0 spiro atoms. The summed E-state index contributed by atoms with van der Waals surface area (Å²) in [7, 11) is -3.56. The summed E-state index contributed by atoms with van der Waals surface area (Å²) in [5, 5.41) is 1.72. The molecule has 0 unspecified atom stereocenters. The number of halogens is 1. The number of thiophene rings is 1. The van der Waals surface area contributed by atoms with E-state index in [2.05, 4.69) is 20.7 Å². The molecule has 20 heavy (non-hydrogen) atoms. The Morgan fingerprint density at radius 3 is 2.35 bits per heavy atom. The fourth-order valence-corrected chi connectivity index (χ4v) is 4.94. The quantitative estimate of drug-likeness (QED) is 0.855. The molecule has 1 N–H and O–H groups in total. The van der Waals surface area contributed by atoms with Gasteiger partial charge in [-0.1, -0.05) is 0 Å². The summed E-state index contributed by atoms with van der Waals surface area (Å²) in [5.74, 6) is 0.709. The largest absolute Gasteiger partial charge is 0.491 e. The Labute approximate surface area is 131 Å². The summed E-state index contributed by atoms with van der Waals surface area (Å²) in [5.41, 5.74) is 0.501. The van der Waals surface area contributed by atoms with Crippen LogP contribution in [0.1, 0.15) is 13.8 Å². The molecule has 0 aliphatic rings. The van der Waals surface area contributed by atoms with E-state index in [9.17, 15) is 8.42 Å². The third-order valence-corrected chi connectivity index (χ3v) is 6.36. The van der Waals surface area contributed by atoms with E-state index >= 15 is 0 Å². The van der Waals surface area contributed by atoms with Gasteiger partial charge < -0.3 is 4.74 Å². The summed E-state index contributed by atoms with van der Waals surface area (Å²) in [4.78, 5) is 0. The van der Waals surface area contributed by atoms with Crippen LogP contribution in [-0.2, 0) is 10.0 Å². The van der Waals surface area contributed by atoms with E-state index in [1.54, 1.807) is 35.7 Å². The van der Waals surface area contributed by atoms with Gasteiger partial charge in [0.15, 0.2) is 4.21 Å². The van der Waals surface area contributed by atoms with Gasteiger partial charge in [-0.25, -0.2) is 8.42 Å². The lowest BCUT2D eigenvalue weighted by molar-refractivity contribution is 0.242. The second-order valence-electron chi connectivity index (χ2n) is 4.35. The molecule has 1 aromatic heterocycles. The van der Waals surface area contributed by atoms with Crippen LogP contribution in [0.3, 0.4) is 0 Å². The Morgan fingerprint density at radius 1 is 1.20 bits per heavy atom. The van der Waals surface area contributed by atoms with Crippen LogP contribution in [0.15, 0.2) is 44.4 Å². The van der Waals surface area contributed by atoms with Crippen LogP contribution in [0.2, 0.25) is 0 Å². The Balaban J connectivity index is 2.16. The number of rotatable bonds is 5. The standard InChI is InChI=1S/C13H14BrNO3S2/c1-9(2)18-11-5-3-10(4-6-11)15-20(16,17)13-12(14)7-8-19-13/h3-9,15H,1-2H3. The van der Waals surface area contributed by atoms with Crippen LogP contribution in [0.5, 0.6) is 5.75 Å². The van der Waals surface area contributed by atoms with Crippen LogP contribution >= 0.6 is 27.3 Å². The van der Waals surface area contributed by atoms with Crippen molar-refractivity contribution in [2.24, 2.45) is 0 Å². The average molecular weight is 376 g/mol. The van der Waals surface area contributed by atoms with Crippen molar-refractivity contribution in [3.05, 3.63) is 40.2 Å². The molecule has 0 saturated heterocycles. The van der Waals surface area contributed by atoms with Crippen molar-refractivity contribution in [2.45, 2.75) is 24.2 Å². The van der Waals surface area contributed by atoms with Gasteiger partial charge in [0.1, 0.15) is 5.75 Å². The topological polar surface area (TPSA) is 55.4 Å². The van der Waals surface area contributed by atoms with Crippen LogP contribution in [0, 0.1) is 0 Å². The highest BCUT2D eigenvalue weighted by atomic mass is 79.9. The highest BCUT2D eigenvalue weighted by Crippen LogP contribution is 2.29. The predicted octanol–water partition coefficient (Wildman–Crippen LogP) is 4.10. The molecule has 0 aliphatic carbocycles. The molecule has 0 radical (unpaired) electrons. The molecule has 108 valence electrons. The van der Waals surface area contributed by atoms with Gasteiger partial charge in [-0.15, -0.1) is 11.3 Å². The molecule has 0 aliphatic heterocycles. The third kappa shape index (κ3) is 3.74. The fraction of sp³-hybridized carbons (Fsp3) is 0.231. The van der Waals surface area contributed by atoms with Gasteiger partial charge in [0.2, 0.25) is 0 Å². The normalized spacial score (nSPS) is 11.6. The molecular weight excluding hydrogens is 362 g/mol. The van der Waals surface area contributed by atoms with Gasteiger partial charge in [0, 0.05) is 10.2 Å². The minimum absolute atomic E-state index is 0.0830. The number of sulfonamides is 1. The first-order valence-corrected chi connectivity index (χ1v) is 9.06. The Morgan fingerprint density at radius 2 is 1.85 bits per heavy atom. The summed E-state index contributed by atoms with van der Waals surface area (Å²) in [6.45, 7) is 3.87. The maximum atomic E-state index is 12.2. The van der Waals surface area contributed by atoms with E-state index in [0.29, 0.717) is 15.9 Å². The van der Waals surface area contributed by atoms with Crippen LogP contribution in [0.4, 0.5) is 5.69 Å². The van der Waals surface area contributed by atoms with Gasteiger partial charge in [-0.3, -0.25) is 4.72 Å². The molecule has 0 fully saturated rings. The molecule has 0 saturated carbocycles. The minimum Gasteiger partial charge on any atom is -0.491 e. The zero-order chi connectivity index (χ0) is 14.8. The Bertz CT molecular complexity index is 678. The summed E-state index contributed by atoms with van der Waals surface area (Å²) in [6.07, 6.45) is 0.0830. The molecule has 2 rings (SSSR count). The Hall–Kier alpha value is -1.05. The van der Waals surface area contributed by atoms with Gasteiger partial charge in [-0.2, -0.15) is 0 Å². The second-order valence-corrected chi connectivity index (χ2v) is 8.00. The van der Waals surface area contributed by atoms with Crippen molar-refractivity contribution in [2.75, 3.05) is 4.72 Å². The monoisotopic (exact) mass is 375 g/mol. The number of benzene rings is 1. The zero-order valence-electron chi connectivity index (χ0n) is 11.0. The van der Waals surface area contributed by atoms with Gasteiger partial charge in [0.25, 0.3) is 10.0 Å². The lowest BCUT2D eigenvalue weighted by Gasteiger charge is -2.11. The predicted molar refractivity (Wildman–Crippen MR) is 85.0 cm³/mol. The molecule has 0 bridgehead atoms. The summed E-state index contributed by atoms with van der Waals surface area (Å²) < 4.78 is 33.2. The van der Waals surface area contributed by atoms with E-state index in [1.165, 1.54) is 11.3 Å². The first kappa shape index (κ1) is 15.3. The van der Waals surface area contributed by atoms with E-state index < -0.39 is 10.0 Å². The van der Waals surface area contributed by atoms with Crippen LogP contribution in [-0.4, -0.2) is 14.5 Å². The second kappa shape index (κ2) is 6.15. The smallest absolute Gasteiger partial charge is 0.272 e. The zero-order valence-corrected chi connectivity index (χ0v) is 14.2. The van der Waals surface area contributed by atoms with Gasteiger partial charge in [0.05, 0.1) is 6.10 Å². The third-order valence-electron chi connectivity index (χ3n) is 2.31. The highest BCUT2D eigenvalue weighted by molar-refractivity contribution is 9.10. The molecule has 1 heterocycles. The fourth-order valence-electron chi connectivity index (χ4n) is 1.55. The van der Waals surface area contributed by atoms with Crippen LogP contribution < -0.4 is 9.46 Å². The van der Waals surface area contributed by atoms with E-state index in [1.807, 2.05) is 13.8 Å². The number of nitrogens with one attached hydrogen (secondary N) is 1. The van der Waals surface area contributed by atoms with Crippen molar-refractivity contribution < 1.29 is 13.2 Å². The first-order valence-electron chi connectivity index (χ1n) is 5.91. The van der Waals surface area contributed by atoms with E-state index in [0.717, 1.165) is 0 Å². The molecule has 0 amide bonds. The number of anilines is 1. The molecular formula is C13H14BrNO3S2. The molecule has 2 aromatic rings. The summed E-state index contributed by atoms with van der Waals surface area (Å²) in [6, 6.07) is 8.54. The van der Waals surface area contributed by atoms with Gasteiger partial charge >= 0.3 is 0 Å². The number of ether oxygens (including phenoxy) is 1. The first-order chi connectivity index (χ1) is 9.38. The maximum absolute atomic E-state index is 12.2. The lowest BCUT2D eigenvalue weighted by Crippen LogP contribution is -2.12. The molecule has 1 aromatic carbocycles. The van der Waals surface area contributed by atoms with Crippen molar-refractivity contribution in [3.8, 4) is 5.75 Å². The number of hydrogen-bond donors (Lipinski definition) is 1. The van der Waals surface area contributed by atoms with Crippen LogP contribution in [0.25, 0.3) is 0 Å². The van der Waals surface area contributed by atoms with E-state index in [-0.39, 0.29) is 10.3 Å². The molecule has 0 atom stereocenters. The minimum atomic E-state index is -3.56. The Kier molecular flexibility index (Phi) is 4.72. The lowest BCUT2D eigenvalue weighted by atomic mass is 10.3. The number of hydrogen-bond acceptors (Lipinski definition) is 4. The SMILES string of the molecule is CC(C)Oc1ccc(NS(=O)(=O)c2sccc2Br)cc1. The summed E-state index contributed by atoms with van der Waals surface area (Å²) >= 11 is 4.39. The van der Waals surface area contributed by atoms with Crippen molar-refractivity contribution in [1.82, 2.24) is 0 Å². The highest BCUT2D eigenvalue weighted by Gasteiger charge is 2.19. The van der Waals surface area contributed by atoms with Crippen molar-refractivity contribution in [3.63, 3.8) is 0 Å². The molecule has 4 nitrogen and oxygen atoms in total. The van der Waals surface area contributed by atoms with E-state index in [4.69, 9.17) is 4.74 Å². The van der Waals surface area contributed by atoms with Crippen molar-refractivity contribution in [1.29, 1.82) is 0 Å². The molecule has 7 heteroatoms. The maximum Gasteiger partial charge on any atom is 0.272 e. The van der Waals surface area contributed by atoms with Gasteiger partial charge in [-0.05, 0) is 65.5 Å².